The predicted molar refractivity (Wildman–Crippen MR) is 253 cm³/mol. The van der Waals surface area contributed by atoms with Crippen LogP contribution in [0.25, 0.3) is 11.1 Å². The van der Waals surface area contributed by atoms with Crippen LogP contribution in [0.2, 0.25) is 10.0 Å². The lowest BCUT2D eigenvalue weighted by Crippen LogP contribution is -2.57. The Labute approximate surface area is 398 Å². The number of nitrogens with zero attached hydrogens (tertiary/aromatic N) is 2. The Morgan fingerprint density at radius 2 is 1.54 bits per heavy atom. The van der Waals surface area contributed by atoms with Crippen LogP contribution in [0.4, 0.5) is 0 Å². The third-order valence-corrected chi connectivity index (χ3v) is 14.7. The van der Waals surface area contributed by atoms with Crippen LogP contribution in [0.15, 0.2) is 127 Å². The number of ether oxygens (including phenoxy) is 4. The van der Waals surface area contributed by atoms with Crippen molar-refractivity contribution in [3.05, 3.63) is 171 Å². The molecule has 8 rings (SSSR count). The van der Waals surface area contributed by atoms with Gasteiger partial charge in [0.05, 0.1) is 34.3 Å². The number of esters is 1. The molecular formula is C51H46Cl2N4O9S. The van der Waals surface area contributed by atoms with Crippen LogP contribution in [-0.4, -0.2) is 67.1 Å². The first-order valence-electron chi connectivity index (χ1n) is 21.4. The van der Waals surface area contributed by atoms with E-state index in [-0.39, 0.29) is 31.9 Å². The first kappa shape index (κ1) is 46.9. The van der Waals surface area contributed by atoms with E-state index in [1.54, 1.807) is 55.5 Å². The fourth-order valence-corrected chi connectivity index (χ4v) is 10.3. The average molecular weight is 962 g/mol. The fourth-order valence-electron chi connectivity index (χ4n) is 8.29. The molecule has 1 unspecified atom stereocenters. The minimum Gasteiger partial charge on any atom is -0.489 e. The number of sulfonamides is 1. The van der Waals surface area contributed by atoms with Gasteiger partial charge >= 0.3 is 5.97 Å². The van der Waals surface area contributed by atoms with Crippen molar-refractivity contribution in [2.45, 2.75) is 68.8 Å². The van der Waals surface area contributed by atoms with Crippen molar-refractivity contribution in [3.63, 3.8) is 0 Å². The number of amides is 2. The Balaban J connectivity index is 1.03. The van der Waals surface area contributed by atoms with Crippen LogP contribution in [0, 0.1) is 11.3 Å². The van der Waals surface area contributed by atoms with Crippen molar-refractivity contribution in [2.24, 2.45) is 0 Å². The van der Waals surface area contributed by atoms with Crippen LogP contribution >= 0.6 is 23.2 Å². The van der Waals surface area contributed by atoms with Gasteiger partial charge in [-0.25, -0.2) is 13.2 Å². The summed E-state index contributed by atoms with van der Waals surface area (Å²) in [4.78, 5) is 39.7. The maximum Gasteiger partial charge on any atom is 0.328 e. The van der Waals surface area contributed by atoms with Gasteiger partial charge in [0, 0.05) is 19.9 Å². The lowest BCUT2D eigenvalue weighted by atomic mass is 9.93. The van der Waals surface area contributed by atoms with Gasteiger partial charge in [-0.15, -0.1) is 0 Å². The molecule has 344 valence electrons. The molecular weight excluding hydrogens is 916 g/mol. The molecule has 5 aromatic carbocycles. The molecule has 2 heterocycles. The van der Waals surface area contributed by atoms with Gasteiger partial charge < -0.3 is 29.6 Å². The Morgan fingerprint density at radius 1 is 0.881 bits per heavy atom. The fraction of sp³-hybridized carbons (Fsp3) is 0.255. The van der Waals surface area contributed by atoms with Gasteiger partial charge in [-0.2, -0.15) is 9.57 Å². The normalized spacial score (nSPS) is 20.1. The summed E-state index contributed by atoms with van der Waals surface area (Å²) in [6.07, 6.45) is 5.74. The summed E-state index contributed by atoms with van der Waals surface area (Å²) < 4.78 is 54.4. The van der Waals surface area contributed by atoms with Gasteiger partial charge in [0.2, 0.25) is 21.8 Å². The highest BCUT2D eigenvalue weighted by Crippen LogP contribution is 2.42. The number of hydrogen-bond donors (Lipinski definition) is 2. The number of carbonyl (C=O) groups is 3. The molecule has 2 amide bonds. The largest absolute Gasteiger partial charge is 0.489 e. The van der Waals surface area contributed by atoms with Crippen LogP contribution in [-0.2, 0) is 55.1 Å². The molecule has 2 N–H and O–H groups in total. The van der Waals surface area contributed by atoms with Crippen molar-refractivity contribution in [1.82, 2.24) is 14.9 Å². The molecule has 3 atom stereocenters. The summed E-state index contributed by atoms with van der Waals surface area (Å²) in [6.45, 7) is 3.40. The zero-order chi connectivity index (χ0) is 47.5. The van der Waals surface area contributed by atoms with Crippen molar-refractivity contribution in [1.29, 1.82) is 5.26 Å². The molecule has 1 aliphatic carbocycles. The molecule has 2 aliphatic heterocycles. The van der Waals surface area contributed by atoms with Gasteiger partial charge in [-0.05, 0) is 101 Å². The lowest BCUT2D eigenvalue weighted by Gasteiger charge is -2.38. The van der Waals surface area contributed by atoms with Gasteiger partial charge in [0.25, 0.3) is 0 Å². The van der Waals surface area contributed by atoms with E-state index in [0.29, 0.717) is 50.6 Å². The van der Waals surface area contributed by atoms with E-state index < -0.39 is 50.9 Å². The maximum atomic E-state index is 14.7. The second-order valence-electron chi connectivity index (χ2n) is 16.7. The summed E-state index contributed by atoms with van der Waals surface area (Å²) >= 11 is 12.2. The molecule has 67 heavy (non-hydrogen) atoms. The Kier molecular flexibility index (Phi) is 13.8. The van der Waals surface area contributed by atoms with Gasteiger partial charge in [0.1, 0.15) is 36.3 Å². The number of nitrogens with one attached hydrogen (secondary N) is 2. The van der Waals surface area contributed by atoms with Crippen LogP contribution in [0.1, 0.15) is 53.3 Å². The molecule has 0 fully saturated rings. The number of benzene rings is 5. The zero-order valence-corrected chi connectivity index (χ0v) is 39.0. The highest BCUT2D eigenvalue weighted by atomic mass is 35.5. The minimum absolute atomic E-state index is 0.0406. The Morgan fingerprint density at radius 3 is 2.18 bits per heavy atom. The Hall–Kier alpha value is -6.63. The maximum absolute atomic E-state index is 14.7. The van der Waals surface area contributed by atoms with Crippen LogP contribution in [0.5, 0.6) is 17.2 Å². The highest BCUT2D eigenvalue weighted by Gasteiger charge is 2.44. The van der Waals surface area contributed by atoms with Crippen molar-refractivity contribution >= 4 is 51.0 Å². The number of rotatable bonds is 13. The van der Waals surface area contributed by atoms with Gasteiger partial charge in [-0.3, -0.25) is 9.59 Å². The first-order valence-corrected chi connectivity index (χ1v) is 23.6. The van der Waals surface area contributed by atoms with Crippen molar-refractivity contribution in [2.75, 3.05) is 13.7 Å². The van der Waals surface area contributed by atoms with E-state index >= 15 is 0 Å². The van der Waals surface area contributed by atoms with E-state index in [4.69, 9.17) is 42.1 Å². The summed E-state index contributed by atoms with van der Waals surface area (Å²) in [5.74, 6) is -0.191. The second-order valence-corrected chi connectivity index (χ2v) is 19.6. The highest BCUT2D eigenvalue weighted by molar-refractivity contribution is 7.90. The van der Waals surface area contributed by atoms with E-state index in [0.717, 1.165) is 32.1 Å². The van der Waals surface area contributed by atoms with Crippen LogP contribution in [0.3, 0.4) is 0 Å². The lowest BCUT2D eigenvalue weighted by molar-refractivity contribution is -0.145. The summed E-state index contributed by atoms with van der Waals surface area (Å²) in [6, 6.07) is 30.5. The molecule has 13 nitrogen and oxygen atoms in total. The number of hydrogen-bond acceptors (Lipinski definition) is 10. The van der Waals surface area contributed by atoms with E-state index in [9.17, 15) is 28.1 Å². The minimum atomic E-state index is -4.31. The summed E-state index contributed by atoms with van der Waals surface area (Å²) in [5.41, 5.74) is 5.12. The average Bonchev–Trinajstić information content (AvgIpc) is 3.32. The summed E-state index contributed by atoms with van der Waals surface area (Å²) in [5, 5.41) is 14.5. The number of carbonyl (C=O) groups excluding carboxylic acids is 3. The topological polar surface area (TPSA) is 173 Å². The number of halogens is 2. The molecule has 0 spiro atoms. The van der Waals surface area contributed by atoms with E-state index in [1.165, 1.54) is 26.2 Å². The third-order valence-electron chi connectivity index (χ3n) is 11.9. The predicted octanol–water partition coefficient (Wildman–Crippen LogP) is 7.97. The Bertz CT molecular complexity index is 2900. The van der Waals surface area contributed by atoms with Gasteiger partial charge in [0.15, 0.2) is 17.6 Å². The molecule has 0 aromatic heterocycles. The standard InChI is InChI=1S/C51H46Cl2N4O9S/c1-31(58)56-51(2)20-18-41(19-21-51)67(61,62)57-28-39-26-47-46(65-30-48(66-47)37-13-15-40(16-14-37)64-29-34-8-17-42(52)43(53)22-34)25-38(39)24-45(57)49(59)55-44(50(60)63-3)23-32-4-9-35(10-5-32)36-11-6-33(27-54)7-12-36/h4-22,25-26,41,44-45,48H,23-24,28-30H2,1-3H3,(H,55,59)(H,56,58)/t41?,44-,45-,48?,51?/m0/s1. The van der Waals surface area contributed by atoms with Gasteiger partial charge in [-0.1, -0.05) is 102 Å². The second kappa shape index (κ2) is 19.7. The molecule has 0 saturated carbocycles. The first-order chi connectivity index (χ1) is 32.1. The van der Waals surface area contributed by atoms with Crippen LogP contribution < -0.4 is 24.8 Å². The third kappa shape index (κ3) is 10.7. The SMILES string of the molecule is COC(=O)[C@H](Cc1ccc(-c2ccc(C#N)cc2)cc1)NC(=O)[C@@H]1Cc2cc3c(cc2CN1S(=O)(=O)C1C=CC(C)(NC(C)=O)C=C1)OC(c1ccc(OCc2ccc(Cl)c(Cl)c2)cc1)CO3. The quantitative estimate of drug-likeness (QED) is 0.0871. The number of fused-ring (bicyclic) bond motifs is 2. The smallest absolute Gasteiger partial charge is 0.328 e. The molecule has 16 heteroatoms. The molecule has 0 radical (unpaired) electrons. The van der Waals surface area contributed by atoms with Crippen molar-refractivity contribution in [3.8, 4) is 34.4 Å². The van der Waals surface area contributed by atoms with Crippen molar-refractivity contribution < 1.29 is 41.7 Å². The van der Waals surface area contributed by atoms with E-state index in [2.05, 4.69) is 16.7 Å². The molecule has 0 saturated heterocycles. The molecule has 5 aromatic rings. The zero-order valence-electron chi connectivity index (χ0n) is 36.7. The number of methoxy groups -OCH3 is 1. The summed E-state index contributed by atoms with van der Waals surface area (Å²) in [7, 11) is -3.08. The molecule has 0 bridgehead atoms. The number of nitriles is 1. The van der Waals surface area contributed by atoms with E-state index in [1.807, 2.05) is 66.7 Å². The molecule has 3 aliphatic rings. The monoisotopic (exact) mass is 960 g/mol.